The zero-order chi connectivity index (χ0) is 18.7. The summed E-state index contributed by atoms with van der Waals surface area (Å²) in [5.74, 6) is 0.325. The van der Waals surface area contributed by atoms with Crippen molar-refractivity contribution in [1.29, 1.82) is 0 Å². The lowest BCUT2D eigenvalue weighted by atomic mass is 10.2. The SMILES string of the molecule is Cc1nn(C)c(Cl)c1/C=C/C(=O)Nc1ccnn1Cc1ccc(Cl)cc1. The van der Waals surface area contributed by atoms with Gasteiger partial charge in [0.1, 0.15) is 11.0 Å². The second-order valence-corrected chi connectivity index (χ2v) is 6.53. The first kappa shape index (κ1) is 18.2. The highest BCUT2D eigenvalue weighted by Crippen LogP contribution is 2.20. The van der Waals surface area contributed by atoms with Crippen molar-refractivity contribution in [3.63, 3.8) is 0 Å². The number of aromatic nitrogens is 4. The quantitative estimate of drug-likeness (QED) is 0.672. The Morgan fingerprint density at radius 2 is 1.96 bits per heavy atom. The second kappa shape index (κ2) is 7.76. The van der Waals surface area contributed by atoms with Crippen LogP contribution in [-0.4, -0.2) is 25.5 Å². The number of nitrogens with zero attached hydrogens (tertiary/aromatic N) is 4. The van der Waals surface area contributed by atoms with Crippen LogP contribution in [0.3, 0.4) is 0 Å². The monoisotopic (exact) mass is 389 g/mol. The summed E-state index contributed by atoms with van der Waals surface area (Å²) in [5.41, 5.74) is 2.51. The van der Waals surface area contributed by atoms with Crippen molar-refractivity contribution >= 4 is 41.0 Å². The molecule has 0 aliphatic heterocycles. The van der Waals surface area contributed by atoms with Gasteiger partial charge in [0.25, 0.3) is 0 Å². The molecule has 0 bridgehead atoms. The van der Waals surface area contributed by atoms with Crippen molar-refractivity contribution in [2.24, 2.45) is 7.05 Å². The van der Waals surface area contributed by atoms with E-state index in [1.807, 2.05) is 31.2 Å². The van der Waals surface area contributed by atoms with Gasteiger partial charge in [0.2, 0.25) is 5.91 Å². The number of anilines is 1. The molecule has 0 atom stereocenters. The second-order valence-electron chi connectivity index (χ2n) is 5.74. The van der Waals surface area contributed by atoms with Crippen LogP contribution < -0.4 is 5.32 Å². The van der Waals surface area contributed by atoms with Gasteiger partial charge in [-0.1, -0.05) is 35.3 Å². The largest absolute Gasteiger partial charge is 0.307 e. The van der Waals surface area contributed by atoms with Gasteiger partial charge in [-0.05, 0) is 30.7 Å². The molecule has 2 aromatic heterocycles. The van der Waals surface area contributed by atoms with Crippen LogP contribution in [0, 0.1) is 6.92 Å². The lowest BCUT2D eigenvalue weighted by Crippen LogP contribution is -2.13. The van der Waals surface area contributed by atoms with Crippen LogP contribution in [0.1, 0.15) is 16.8 Å². The van der Waals surface area contributed by atoms with Crippen molar-refractivity contribution in [1.82, 2.24) is 19.6 Å². The molecular weight excluding hydrogens is 373 g/mol. The number of amides is 1. The Morgan fingerprint density at radius 3 is 2.62 bits per heavy atom. The van der Waals surface area contributed by atoms with Gasteiger partial charge in [-0.15, -0.1) is 0 Å². The molecule has 0 aliphatic carbocycles. The van der Waals surface area contributed by atoms with Gasteiger partial charge in [0.15, 0.2) is 0 Å². The third kappa shape index (κ3) is 4.15. The number of hydrogen-bond acceptors (Lipinski definition) is 3. The summed E-state index contributed by atoms with van der Waals surface area (Å²) < 4.78 is 3.27. The molecule has 6 nitrogen and oxygen atoms in total. The molecule has 2 heterocycles. The number of halogens is 2. The van der Waals surface area contributed by atoms with Gasteiger partial charge in [0.05, 0.1) is 18.4 Å². The van der Waals surface area contributed by atoms with Crippen molar-refractivity contribution in [2.75, 3.05) is 5.32 Å². The highest BCUT2D eigenvalue weighted by Gasteiger charge is 2.10. The van der Waals surface area contributed by atoms with Gasteiger partial charge in [-0.2, -0.15) is 10.2 Å². The Bertz CT molecular complexity index is 957. The van der Waals surface area contributed by atoms with Gasteiger partial charge >= 0.3 is 0 Å². The van der Waals surface area contributed by atoms with Crippen molar-refractivity contribution in [3.05, 3.63) is 69.6 Å². The molecule has 1 aromatic carbocycles. The van der Waals surface area contributed by atoms with Crippen LogP contribution in [0.4, 0.5) is 5.82 Å². The van der Waals surface area contributed by atoms with Crippen LogP contribution in [0.15, 0.2) is 42.6 Å². The molecule has 3 aromatic rings. The maximum absolute atomic E-state index is 12.2. The number of benzene rings is 1. The summed E-state index contributed by atoms with van der Waals surface area (Å²) in [4.78, 5) is 12.2. The Hall–Kier alpha value is -2.57. The minimum absolute atomic E-state index is 0.276. The Morgan fingerprint density at radius 1 is 1.23 bits per heavy atom. The maximum Gasteiger partial charge on any atom is 0.249 e. The van der Waals surface area contributed by atoms with Gasteiger partial charge < -0.3 is 5.32 Å². The van der Waals surface area contributed by atoms with Gasteiger partial charge in [-0.3, -0.25) is 9.48 Å². The number of aryl methyl sites for hydroxylation is 2. The molecule has 0 unspecified atom stereocenters. The highest BCUT2D eigenvalue weighted by molar-refractivity contribution is 6.31. The minimum atomic E-state index is -0.276. The number of carbonyl (C=O) groups is 1. The summed E-state index contributed by atoms with van der Waals surface area (Å²) in [6.45, 7) is 2.36. The van der Waals surface area contributed by atoms with Gasteiger partial charge in [-0.25, -0.2) is 4.68 Å². The van der Waals surface area contributed by atoms with Crippen LogP contribution >= 0.6 is 23.2 Å². The third-order valence-corrected chi connectivity index (χ3v) is 4.51. The topological polar surface area (TPSA) is 64.7 Å². The molecule has 0 saturated heterocycles. The molecule has 3 rings (SSSR count). The van der Waals surface area contributed by atoms with E-state index in [1.54, 1.807) is 34.8 Å². The van der Waals surface area contributed by atoms with E-state index in [2.05, 4.69) is 15.5 Å². The molecule has 0 aliphatic rings. The third-order valence-electron chi connectivity index (χ3n) is 3.81. The average molecular weight is 390 g/mol. The zero-order valence-corrected chi connectivity index (χ0v) is 15.8. The fourth-order valence-electron chi connectivity index (χ4n) is 2.49. The standard InChI is InChI=1S/C18H17Cl2N5O/c1-12-15(18(20)24(2)23-12)7-8-17(26)22-16-9-10-21-25(16)11-13-3-5-14(19)6-4-13/h3-10H,11H2,1-2H3,(H,22,26)/b8-7+. The zero-order valence-electron chi connectivity index (χ0n) is 14.3. The van der Waals surface area contributed by atoms with Gasteiger partial charge in [0, 0.05) is 29.8 Å². The maximum atomic E-state index is 12.2. The predicted molar refractivity (Wildman–Crippen MR) is 103 cm³/mol. The van der Waals surface area contributed by atoms with Crippen LogP contribution in [-0.2, 0) is 18.4 Å². The summed E-state index contributed by atoms with van der Waals surface area (Å²) in [6.07, 6.45) is 4.72. The van der Waals surface area contributed by atoms with E-state index in [-0.39, 0.29) is 5.91 Å². The Labute approximate surface area is 161 Å². The van der Waals surface area contributed by atoms with E-state index in [0.717, 1.165) is 16.8 Å². The molecule has 134 valence electrons. The number of rotatable bonds is 5. The molecule has 26 heavy (non-hydrogen) atoms. The summed E-state index contributed by atoms with van der Waals surface area (Å²) in [5, 5.41) is 12.4. The fourth-order valence-corrected chi connectivity index (χ4v) is 2.85. The Balaban J connectivity index is 1.69. The lowest BCUT2D eigenvalue weighted by Gasteiger charge is -2.08. The molecule has 0 spiro atoms. The van der Waals surface area contributed by atoms with E-state index in [0.29, 0.717) is 22.5 Å². The normalized spacial score (nSPS) is 11.2. The predicted octanol–water partition coefficient (Wildman–Crippen LogP) is 3.93. The Kier molecular flexibility index (Phi) is 5.44. The van der Waals surface area contributed by atoms with Crippen molar-refractivity contribution in [3.8, 4) is 0 Å². The van der Waals surface area contributed by atoms with Crippen LogP contribution in [0.5, 0.6) is 0 Å². The molecule has 0 fully saturated rings. The van der Waals surface area contributed by atoms with E-state index in [9.17, 15) is 4.79 Å². The average Bonchev–Trinajstić information content (AvgIpc) is 3.12. The first-order chi connectivity index (χ1) is 12.4. The fraction of sp³-hybridized carbons (Fsp3) is 0.167. The molecule has 8 heteroatoms. The summed E-state index contributed by atoms with van der Waals surface area (Å²) in [6, 6.07) is 9.22. The van der Waals surface area contributed by atoms with E-state index in [1.165, 1.54) is 6.08 Å². The first-order valence-corrected chi connectivity index (χ1v) is 8.64. The summed E-state index contributed by atoms with van der Waals surface area (Å²) in [7, 11) is 1.75. The summed E-state index contributed by atoms with van der Waals surface area (Å²) >= 11 is 12.1. The molecular formula is C18H17Cl2N5O. The van der Waals surface area contributed by atoms with E-state index >= 15 is 0 Å². The molecule has 1 N–H and O–H groups in total. The van der Waals surface area contributed by atoms with E-state index in [4.69, 9.17) is 23.2 Å². The number of nitrogens with one attached hydrogen (secondary N) is 1. The molecule has 1 amide bonds. The number of hydrogen-bond donors (Lipinski definition) is 1. The van der Waals surface area contributed by atoms with Crippen LogP contribution in [0.25, 0.3) is 6.08 Å². The lowest BCUT2D eigenvalue weighted by molar-refractivity contribution is -0.111. The molecule has 0 saturated carbocycles. The van der Waals surface area contributed by atoms with E-state index < -0.39 is 0 Å². The smallest absolute Gasteiger partial charge is 0.249 e. The minimum Gasteiger partial charge on any atom is -0.307 e. The van der Waals surface area contributed by atoms with Crippen molar-refractivity contribution < 1.29 is 4.79 Å². The highest BCUT2D eigenvalue weighted by atomic mass is 35.5. The van der Waals surface area contributed by atoms with Crippen molar-refractivity contribution in [2.45, 2.75) is 13.5 Å². The molecule has 0 radical (unpaired) electrons. The number of carbonyl (C=O) groups excluding carboxylic acids is 1. The first-order valence-electron chi connectivity index (χ1n) is 7.88. The van der Waals surface area contributed by atoms with Crippen LogP contribution in [0.2, 0.25) is 10.2 Å².